The molecule has 0 saturated heterocycles. The molecule has 26 heavy (non-hydrogen) atoms. The Labute approximate surface area is 151 Å². The van der Waals surface area contributed by atoms with E-state index in [-0.39, 0.29) is 5.78 Å². The Morgan fingerprint density at radius 3 is 2.65 bits per heavy atom. The van der Waals surface area contributed by atoms with Crippen molar-refractivity contribution in [2.24, 2.45) is 0 Å². The van der Waals surface area contributed by atoms with E-state index >= 15 is 0 Å². The number of methoxy groups -OCH3 is 1. The number of pyridine rings is 1. The summed E-state index contributed by atoms with van der Waals surface area (Å²) in [7, 11) is 1.67. The van der Waals surface area contributed by atoms with Crippen LogP contribution in [0.4, 0.5) is 0 Å². The molecule has 4 heteroatoms. The molecular weight excluding hydrogens is 324 g/mol. The first-order valence-corrected chi connectivity index (χ1v) is 8.39. The molecule has 0 atom stereocenters. The molecule has 2 aromatic carbocycles. The Hall–Kier alpha value is -3.40. The molecule has 0 radical (unpaired) electrons. The topological polar surface area (TPSA) is 55.0 Å². The molecular formula is C22H18N2O2. The van der Waals surface area contributed by atoms with Crippen molar-refractivity contribution in [3.63, 3.8) is 0 Å². The van der Waals surface area contributed by atoms with E-state index in [2.05, 4.69) is 16.0 Å². The molecule has 4 aromatic rings. The second kappa shape index (κ2) is 6.48. The van der Waals surface area contributed by atoms with Crippen LogP contribution in [0.5, 0.6) is 5.75 Å². The van der Waals surface area contributed by atoms with Gasteiger partial charge in [-0.3, -0.25) is 4.79 Å². The fraction of sp³-hybridized carbons (Fsp3) is 0.0909. The van der Waals surface area contributed by atoms with E-state index in [4.69, 9.17) is 4.74 Å². The van der Waals surface area contributed by atoms with Crippen molar-refractivity contribution >= 4 is 16.8 Å². The first kappa shape index (κ1) is 16.1. The lowest BCUT2D eigenvalue weighted by atomic mass is 10.00. The predicted molar refractivity (Wildman–Crippen MR) is 104 cm³/mol. The summed E-state index contributed by atoms with van der Waals surface area (Å²) < 4.78 is 5.50. The number of ketones is 1. The molecule has 0 spiro atoms. The fourth-order valence-electron chi connectivity index (χ4n) is 3.17. The largest absolute Gasteiger partial charge is 0.496 e. The van der Waals surface area contributed by atoms with Crippen LogP contribution in [0.15, 0.2) is 67.0 Å². The van der Waals surface area contributed by atoms with Gasteiger partial charge < -0.3 is 9.72 Å². The third-order valence-corrected chi connectivity index (χ3v) is 4.53. The minimum absolute atomic E-state index is 0.0530. The number of para-hydroxylation sites is 1. The number of H-pyrrole nitrogens is 1. The number of rotatable bonds is 4. The third-order valence-electron chi connectivity index (χ3n) is 4.53. The summed E-state index contributed by atoms with van der Waals surface area (Å²) in [6.07, 6.45) is 3.77. The maximum Gasteiger partial charge on any atom is 0.159 e. The third kappa shape index (κ3) is 2.75. The number of aromatic amines is 1. The van der Waals surface area contributed by atoms with Gasteiger partial charge in [-0.1, -0.05) is 36.4 Å². The highest BCUT2D eigenvalue weighted by molar-refractivity contribution is 5.98. The van der Waals surface area contributed by atoms with E-state index < -0.39 is 0 Å². The number of carbonyl (C=O) groups excluding carboxylic acids is 1. The zero-order chi connectivity index (χ0) is 18.1. The van der Waals surface area contributed by atoms with Crippen LogP contribution in [0.2, 0.25) is 0 Å². The van der Waals surface area contributed by atoms with Crippen LogP contribution in [0, 0.1) is 0 Å². The van der Waals surface area contributed by atoms with Gasteiger partial charge in [0, 0.05) is 40.0 Å². The van der Waals surface area contributed by atoms with Gasteiger partial charge in [0.05, 0.1) is 7.11 Å². The van der Waals surface area contributed by atoms with Crippen molar-refractivity contribution in [2.75, 3.05) is 7.11 Å². The van der Waals surface area contributed by atoms with Crippen molar-refractivity contribution in [1.82, 2.24) is 9.97 Å². The van der Waals surface area contributed by atoms with Gasteiger partial charge in [0.15, 0.2) is 5.78 Å². The number of aromatic nitrogens is 2. The van der Waals surface area contributed by atoms with Crippen LogP contribution in [0.25, 0.3) is 33.3 Å². The molecule has 4 nitrogen and oxygen atoms in total. The second-order valence-corrected chi connectivity index (χ2v) is 6.16. The van der Waals surface area contributed by atoms with Gasteiger partial charge in [-0.15, -0.1) is 0 Å². The molecule has 2 heterocycles. The van der Waals surface area contributed by atoms with E-state index in [9.17, 15) is 4.79 Å². The molecule has 0 aliphatic heterocycles. The lowest BCUT2D eigenvalue weighted by Crippen LogP contribution is -1.92. The number of Topliss-reactive ketones (excluding diaryl/α,β-unsaturated/α-hetero) is 1. The molecule has 0 aliphatic rings. The summed E-state index contributed by atoms with van der Waals surface area (Å²) in [5.41, 5.74) is 5.50. The first-order valence-electron chi connectivity index (χ1n) is 8.39. The van der Waals surface area contributed by atoms with E-state index in [1.807, 2.05) is 60.9 Å². The average Bonchev–Trinajstić information content (AvgIpc) is 3.11. The van der Waals surface area contributed by atoms with Crippen LogP contribution in [-0.2, 0) is 0 Å². The van der Waals surface area contributed by atoms with E-state index in [1.165, 1.54) is 0 Å². The van der Waals surface area contributed by atoms with E-state index in [1.54, 1.807) is 14.0 Å². The Bertz CT molecular complexity index is 1110. The van der Waals surface area contributed by atoms with Gasteiger partial charge in [0.1, 0.15) is 11.4 Å². The summed E-state index contributed by atoms with van der Waals surface area (Å²) in [6.45, 7) is 1.58. The van der Waals surface area contributed by atoms with E-state index in [0.717, 1.165) is 39.0 Å². The molecule has 0 amide bonds. The zero-order valence-corrected chi connectivity index (χ0v) is 14.6. The molecule has 0 saturated carbocycles. The summed E-state index contributed by atoms with van der Waals surface area (Å²) in [6, 6.07) is 17.6. The first-order chi connectivity index (χ1) is 12.7. The average molecular weight is 342 g/mol. The van der Waals surface area contributed by atoms with Gasteiger partial charge in [-0.25, -0.2) is 4.98 Å². The summed E-state index contributed by atoms with van der Waals surface area (Å²) in [5.74, 6) is 0.870. The molecule has 0 aliphatic carbocycles. The lowest BCUT2D eigenvalue weighted by molar-refractivity contribution is 0.101. The standard InChI is InChI=1S/C22H18N2O2/c1-14(25)15-6-5-7-16(10-15)17-11-19-20(13-24-22(19)23-12-17)18-8-3-4-9-21(18)26-2/h3-13H,1-2H3,(H,23,24). The highest BCUT2D eigenvalue weighted by atomic mass is 16.5. The van der Waals surface area contributed by atoms with E-state index in [0.29, 0.717) is 5.56 Å². The predicted octanol–water partition coefficient (Wildman–Crippen LogP) is 5.11. The smallest absolute Gasteiger partial charge is 0.159 e. The summed E-state index contributed by atoms with van der Waals surface area (Å²) in [5, 5.41) is 1.01. The number of fused-ring (bicyclic) bond motifs is 1. The monoisotopic (exact) mass is 342 g/mol. The highest BCUT2D eigenvalue weighted by Gasteiger charge is 2.13. The lowest BCUT2D eigenvalue weighted by Gasteiger charge is -2.08. The van der Waals surface area contributed by atoms with Crippen LogP contribution < -0.4 is 4.74 Å². The SMILES string of the molecule is COc1ccccc1-c1c[nH]c2ncc(-c3cccc(C(C)=O)c3)cc12. The van der Waals surface area contributed by atoms with Gasteiger partial charge in [0.2, 0.25) is 0 Å². The quantitative estimate of drug-likeness (QED) is 0.524. The van der Waals surface area contributed by atoms with Crippen molar-refractivity contribution in [3.8, 4) is 28.0 Å². The maximum atomic E-state index is 11.7. The van der Waals surface area contributed by atoms with Gasteiger partial charge in [-0.05, 0) is 30.7 Å². The molecule has 1 N–H and O–H groups in total. The number of hydrogen-bond acceptors (Lipinski definition) is 3. The molecule has 0 bridgehead atoms. The van der Waals surface area contributed by atoms with Crippen molar-refractivity contribution < 1.29 is 9.53 Å². The van der Waals surface area contributed by atoms with Crippen molar-refractivity contribution in [2.45, 2.75) is 6.92 Å². The molecule has 0 fully saturated rings. The Morgan fingerprint density at radius 2 is 1.85 bits per heavy atom. The van der Waals surface area contributed by atoms with Crippen LogP contribution in [-0.4, -0.2) is 22.9 Å². The number of nitrogens with zero attached hydrogens (tertiary/aromatic N) is 1. The van der Waals surface area contributed by atoms with Crippen LogP contribution >= 0.6 is 0 Å². The van der Waals surface area contributed by atoms with Gasteiger partial charge in [0.25, 0.3) is 0 Å². The number of nitrogens with one attached hydrogen (secondary N) is 1. The minimum atomic E-state index is 0.0530. The van der Waals surface area contributed by atoms with Gasteiger partial charge in [-0.2, -0.15) is 0 Å². The number of benzene rings is 2. The number of carbonyl (C=O) groups is 1. The minimum Gasteiger partial charge on any atom is -0.496 e. The van der Waals surface area contributed by atoms with Crippen LogP contribution in [0.3, 0.4) is 0 Å². The summed E-state index contributed by atoms with van der Waals surface area (Å²) in [4.78, 5) is 19.5. The molecule has 0 unspecified atom stereocenters. The molecule has 4 rings (SSSR count). The molecule has 2 aromatic heterocycles. The van der Waals surface area contributed by atoms with Crippen LogP contribution in [0.1, 0.15) is 17.3 Å². The number of hydrogen-bond donors (Lipinski definition) is 1. The second-order valence-electron chi connectivity index (χ2n) is 6.16. The Kier molecular flexibility index (Phi) is 4.01. The zero-order valence-electron chi connectivity index (χ0n) is 14.6. The molecule has 128 valence electrons. The highest BCUT2D eigenvalue weighted by Crippen LogP contribution is 2.35. The fourth-order valence-corrected chi connectivity index (χ4v) is 3.17. The maximum absolute atomic E-state index is 11.7. The van der Waals surface area contributed by atoms with Gasteiger partial charge >= 0.3 is 0 Å². The van der Waals surface area contributed by atoms with Crippen molar-refractivity contribution in [3.05, 3.63) is 72.6 Å². The summed E-state index contributed by atoms with van der Waals surface area (Å²) >= 11 is 0. The Balaban J connectivity index is 1.88. The number of ether oxygens (including phenoxy) is 1. The van der Waals surface area contributed by atoms with Crippen molar-refractivity contribution in [1.29, 1.82) is 0 Å². The normalized spacial score (nSPS) is 10.8. The Morgan fingerprint density at radius 1 is 1.00 bits per heavy atom.